The molecule has 3 heteroatoms. The van der Waals surface area contributed by atoms with Crippen molar-refractivity contribution >= 4 is 5.78 Å². The van der Waals surface area contributed by atoms with Gasteiger partial charge in [0.05, 0.1) is 13.2 Å². The van der Waals surface area contributed by atoms with E-state index in [1.165, 1.54) is 25.7 Å². The molecule has 3 saturated carbocycles. The summed E-state index contributed by atoms with van der Waals surface area (Å²) in [5.41, 5.74) is 1.61. The highest BCUT2D eigenvalue weighted by Gasteiger charge is 2.56. The Hall–Kier alpha value is -0.670. The van der Waals surface area contributed by atoms with Crippen molar-refractivity contribution in [2.24, 2.45) is 29.1 Å². The molecule has 5 rings (SSSR count). The van der Waals surface area contributed by atoms with E-state index < -0.39 is 0 Å². The van der Waals surface area contributed by atoms with E-state index in [0.29, 0.717) is 11.7 Å². The molecule has 5 atom stereocenters. The number of ether oxygens (including phenoxy) is 2. The van der Waals surface area contributed by atoms with Crippen LogP contribution >= 0.6 is 0 Å². The van der Waals surface area contributed by atoms with Crippen LogP contribution in [0.5, 0.6) is 0 Å². The van der Waals surface area contributed by atoms with Gasteiger partial charge in [-0.05, 0) is 68.3 Å². The second-order valence-electron chi connectivity index (χ2n) is 8.76. The van der Waals surface area contributed by atoms with Crippen LogP contribution in [-0.4, -0.2) is 24.8 Å². The Morgan fingerprint density at radius 2 is 1.83 bits per heavy atom. The molecule has 3 nitrogen and oxygen atoms in total. The van der Waals surface area contributed by atoms with E-state index in [9.17, 15) is 4.79 Å². The van der Waals surface area contributed by atoms with Gasteiger partial charge < -0.3 is 9.47 Å². The summed E-state index contributed by atoms with van der Waals surface area (Å²) < 4.78 is 11.8. The van der Waals surface area contributed by atoms with Gasteiger partial charge in [0.2, 0.25) is 0 Å². The van der Waals surface area contributed by atoms with E-state index >= 15 is 0 Å². The molecule has 0 aromatic heterocycles. The molecule has 23 heavy (non-hydrogen) atoms. The molecule has 0 aromatic carbocycles. The quantitative estimate of drug-likeness (QED) is 0.636. The lowest BCUT2D eigenvalue weighted by Crippen LogP contribution is -2.47. The third-order valence-electron chi connectivity index (χ3n) is 7.95. The molecule has 0 bridgehead atoms. The van der Waals surface area contributed by atoms with E-state index in [-0.39, 0.29) is 11.2 Å². The van der Waals surface area contributed by atoms with Gasteiger partial charge in [-0.25, -0.2) is 0 Å². The number of ketones is 1. The van der Waals surface area contributed by atoms with Crippen LogP contribution < -0.4 is 0 Å². The minimum absolute atomic E-state index is 0.00987. The molecular weight excluding hydrogens is 288 g/mol. The monoisotopic (exact) mass is 316 g/mol. The summed E-state index contributed by atoms with van der Waals surface area (Å²) in [6, 6.07) is 0. The van der Waals surface area contributed by atoms with Gasteiger partial charge in [0.15, 0.2) is 5.79 Å². The van der Waals surface area contributed by atoms with Gasteiger partial charge in [-0.15, -0.1) is 0 Å². The summed E-state index contributed by atoms with van der Waals surface area (Å²) in [5.74, 6) is 3.14. The summed E-state index contributed by atoms with van der Waals surface area (Å²) in [6.07, 6.45) is 11.4. The lowest BCUT2D eigenvalue weighted by Gasteiger charge is -2.53. The maximum absolute atomic E-state index is 12.4. The zero-order valence-corrected chi connectivity index (χ0v) is 14.2. The summed E-state index contributed by atoms with van der Waals surface area (Å²) >= 11 is 0. The van der Waals surface area contributed by atoms with Crippen molar-refractivity contribution in [3.8, 4) is 0 Å². The fourth-order valence-corrected chi connectivity index (χ4v) is 6.78. The first-order chi connectivity index (χ1) is 11.1. The van der Waals surface area contributed by atoms with Crippen LogP contribution in [0.3, 0.4) is 0 Å². The normalized spacial score (nSPS) is 47.9. The zero-order valence-electron chi connectivity index (χ0n) is 14.2. The molecule has 4 fully saturated rings. The Labute approximate surface area is 138 Å². The summed E-state index contributed by atoms with van der Waals surface area (Å²) in [4.78, 5) is 12.4. The molecule has 1 aliphatic heterocycles. The molecule has 0 radical (unpaired) electrons. The van der Waals surface area contributed by atoms with Crippen molar-refractivity contribution in [1.29, 1.82) is 0 Å². The lowest BCUT2D eigenvalue weighted by atomic mass is 9.52. The average molecular weight is 316 g/mol. The predicted molar refractivity (Wildman–Crippen MR) is 86.7 cm³/mol. The van der Waals surface area contributed by atoms with E-state index in [2.05, 4.69) is 13.0 Å². The average Bonchev–Trinajstić information content (AvgIpc) is 3.12. The molecule has 4 unspecified atom stereocenters. The van der Waals surface area contributed by atoms with Crippen molar-refractivity contribution in [1.82, 2.24) is 0 Å². The minimum atomic E-state index is -0.384. The van der Waals surface area contributed by atoms with E-state index in [4.69, 9.17) is 9.47 Å². The van der Waals surface area contributed by atoms with Gasteiger partial charge in [0.25, 0.3) is 0 Å². The van der Waals surface area contributed by atoms with Crippen LogP contribution in [0.2, 0.25) is 0 Å². The maximum atomic E-state index is 12.4. The van der Waals surface area contributed by atoms with Crippen LogP contribution in [0.1, 0.15) is 58.3 Å². The van der Waals surface area contributed by atoms with Gasteiger partial charge in [0.1, 0.15) is 5.78 Å². The summed E-state index contributed by atoms with van der Waals surface area (Å²) in [5, 5.41) is 0. The van der Waals surface area contributed by atoms with Crippen molar-refractivity contribution in [3.05, 3.63) is 11.6 Å². The van der Waals surface area contributed by atoms with Crippen LogP contribution in [0, 0.1) is 29.1 Å². The second kappa shape index (κ2) is 4.92. The molecule has 0 aromatic rings. The Morgan fingerprint density at radius 1 is 1.00 bits per heavy atom. The van der Waals surface area contributed by atoms with E-state index in [0.717, 1.165) is 56.7 Å². The molecule has 5 aliphatic rings. The number of hydrogen-bond acceptors (Lipinski definition) is 3. The molecule has 0 N–H and O–H groups in total. The highest BCUT2D eigenvalue weighted by molar-refractivity contribution is 5.87. The van der Waals surface area contributed by atoms with Crippen molar-refractivity contribution in [2.45, 2.75) is 64.1 Å². The second-order valence-corrected chi connectivity index (χ2v) is 8.76. The first-order valence-electron chi connectivity index (χ1n) is 9.64. The number of rotatable bonds is 0. The first kappa shape index (κ1) is 14.7. The molecule has 1 saturated heterocycles. The molecule has 0 amide bonds. The number of hydrogen-bond donors (Lipinski definition) is 0. The Balaban J connectivity index is 1.43. The van der Waals surface area contributed by atoms with Gasteiger partial charge in [-0.2, -0.15) is 0 Å². The van der Waals surface area contributed by atoms with Gasteiger partial charge >= 0.3 is 0 Å². The Kier molecular flexibility index (Phi) is 3.13. The van der Waals surface area contributed by atoms with Crippen molar-refractivity contribution in [2.75, 3.05) is 13.2 Å². The van der Waals surface area contributed by atoms with Crippen molar-refractivity contribution < 1.29 is 14.3 Å². The Morgan fingerprint density at radius 3 is 2.65 bits per heavy atom. The molecule has 126 valence electrons. The molecule has 1 spiro atoms. The number of Topliss-reactive ketones (excluding diaryl/α,β-unsaturated/α-hetero) is 1. The van der Waals surface area contributed by atoms with Gasteiger partial charge in [0, 0.05) is 18.3 Å². The van der Waals surface area contributed by atoms with Crippen LogP contribution in [-0.2, 0) is 14.3 Å². The molecule has 1 heterocycles. The summed E-state index contributed by atoms with van der Waals surface area (Å²) in [6.45, 7) is 3.75. The fraction of sp³-hybridized carbons (Fsp3) is 0.850. The predicted octanol–water partition coefficient (Wildman–Crippen LogP) is 3.87. The first-order valence-corrected chi connectivity index (χ1v) is 9.64. The zero-order chi connectivity index (χ0) is 15.7. The lowest BCUT2D eigenvalue weighted by molar-refractivity contribution is -0.137. The number of carbonyl (C=O) groups is 1. The van der Waals surface area contributed by atoms with Crippen LogP contribution in [0.15, 0.2) is 11.6 Å². The topological polar surface area (TPSA) is 35.5 Å². The SMILES string of the molecule is C[C@@]12CCC3C4CCC5(C=C4CCC3C1CCC2=O)OCCO5. The van der Waals surface area contributed by atoms with E-state index in [1.807, 2.05) is 0 Å². The highest BCUT2D eigenvalue weighted by Crippen LogP contribution is 2.61. The van der Waals surface area contributed by atoms with Crippen LogP contribution in [0.25, 0.3) is 0 Å². The number of allylic oxidation sites excluding steroid dienone is 1. The Bertz CT molecular complexity index is 559. The standard InChI is InChI=1S/C20H28O3/c1-19-8-6-15-14-7-9-20(22-10-11-23-20)12-13(14)2-3-16(15)17(19)4-5-18(19)21/h12,14-17H,2-11H2,1H3/t14?,15?,16?,17?,19-/m1/s1. The van der Waals surface area contributed by atoms with Gasteiger partial charge in [-0.1, -0.05) is 12.5 Å². The minimum Gasteiger partial charge on any atom is -0.344 e. The molecular formula is C20H28O3. The largest absolute Gasteiger partial charge is 0.344 e. The smallest absolute Gasteiger partial charge is 0.188 e. The maximum Gasteiger partial charge on any atom is 0.188 e. The third-order valence-corrected chi connectivity index (χ3v) is 7.95. The van der Waals surface area contributed by atoms with Gasteiger partial charge in [-0.3, -0.25) is 4.79 Å². The fourth-order valence-electron chi connectivity index (χ4n) is 6.78. The third kappa shape index (κ3) is 1.99. The van der Waals surface area contributed by atoms with Crippen molar-refractivity contribution in [3.63, 3.8) is 0 Å². The summed E-state index contributed by atoms with van der Waals surface area (Å²) in [7, 11) is 0. The van der Waals surface area contributed by atoms with Crippen LogP contribution in [0.4, 0.5) is 0 Å². The van der Waals surface area contributed by atoms with E-state index in [1.54, 1.807) is 5.57 Å². The molecule has 4 aliphatic carbocycles. The number of fused-ring (bicyclic) bond motifs is 5. The number of carbonyl (C=O) groups excluding carboxylic acids is 1. The highest BCUT2D eigenvalue weighted by atomic mass is 16.7.